The molecule has 1 aromatic carbocycles. The van der Waals surface area contributed by atoms with Crippen molar-refractivity contribution < 1.29 is 10.0 Å². The number of benzene rings is 1. The van der Waals surface area contributed by atoms with Gasteiger partial charge in [-0.2, -0.15) is 0 Å². The third-order valence-corrected chi connectivity index (χ3v) is 2.74. The maximum absolute atomic E-state index is 9.10. The maximum atomic E-state index is 9.10. The molecule has 0 spiro atoms. The Morgan fingerprint density at radius 2 is 1.81 bits per heavy atom. The molecule has 1 heterocycles. The molecule has 0 amide bonds. The summed E-state index contributed by atoms with van der Waals surface area (Å²) in [5.41, 5.74) is 1.66. The first kappa shape index (κ1) is 11.2. The van der Waals surface area contributed by atoms with E-state index in [1.165, 1.54) is 0 Å². The Bertz CT molecular complexity index is 511. The highest BCUT2D eigenvalue weighted by Gasteiger charge is 2.17. The number of hydrogen-bond donors (Lipinski definition) is 2. The molecule has 0 bridgehead atoms. The monoisotopic (exact) mass is 217 g/mol. The second-order valence-corrected chi connectivity index (χ2v) is 5.05. The maximum Gasteiger partial charge on any atom is 0.488 e. The Kier molecular flexibility index (Phi) is 2.56. The van der Waals surface area contributed by atoms with Gasteiger partial charge in [0.15, 0.2) is 0 Å². The second-order valence-electron chi connectivity index (χ2n) is 5.05. The Morgan fingerprint density at radius 3 is 2.38 bits per heavy atom. The summed E-state index contributed by atoms with van der Waals surface area (Å²) in [5, 5.41) is 19.2. The molecule has 3 nitrogen and oxygen atoms in total. The van der Waals surface area contributed by atoms with Gasteiger partial charge in [0.1, 0.15) is 0 Å². The minimum absolute atomic E-state index is 0.0289. The predicted octanol–water partition coefficient (Wildman–Crippen LogP) is 1.08. The van der Waals surface area contributed by atoms with E-state index in [-0.39, 0.29) is 5.54 Å². The van der Waals surface area contributed by atoms with Gasteiger partial charge in [0, 0.05) is 17.3 Å². The first-order chi connectivity index (χ1) is 7.39. The number of aromatic nitrogens is 1. The molecule has 2 aromatic rings. The molecule has 0 atom stereocenters. The van der Waals surface area contributed by atoms with Crippen molar-refractivity contribution in [3.8, 4) is 0 Å². The van der Waals surface area contributed by atoms with Gasteiger partial charge < -0.3 is 14.6 Å². The van der Waals surface area contributed by atoms with Crippen LogP contribution in [0.5, 0.6) is 0 Å². The van der Waals surface area contributed by atoms with Crippen LogP contribution in [-0.4, -0.2) is 21.7 Å². The lowest BCUT2D eigenvalue weighted by Crippen LogP contribution is -2.29. The Morgan fingerprint density at radius 1 is 1.12 bits per heavy atom. The molecule has 0 fully saturated rings. The van der Waals surface area contributed by atoms with Gasteiger partial charge in [-0.25, -0.2) is 0 Å². The quantitative estimate of drug-likeness (QED) is 0.702. The van der Waals surface area contributed by atoms with E-state index in [0.717, 1.165) is 10.9 Å². The SMILES string of the molecule is CC(C)(C)n1ccc2cc(B(O)O)ccc21. The summed E-state index contributed by atoms with van der Waals surface area (Å²) < 4.78 is 2.18. The summed E-state index contributed by atoms with van der Waals surface area (Å²) in [6.07, 6.45) is 2.03. The molecule has 2 rings (SSSR count). The zero-order valence-electron chi connectivity index (χ0n) is 9.81. The van der Waals surface area contributed by atoms with Crippen molar-refractivity contribution in [1.29, 1.82) is 0 Å². The standard InChI is InChI=1S/C12H16BNO2/c1-12(2,3)14-7-6-9-8-10(13(15)16)4-5-11(9)14/h4-8,15-16H,1-3H3. The molecule has 16 heavy (non-hydrogen) atoms. The summed E-state index contributed by atoms with van der Waals surface area (Å²) in [7, 11) is -1.40. The Labute approximate surface area is 95.5 Å². The highest BCUT2D eigenvalue weighted by atomic mass is 16.4. The van der Waals surface area contributed by atoms with E-state index < -0.39 is 7.12 Å². The van der Waals surface area contributed by atoms with Crippen molar-refractivity contribution in [2.45, 2.75) is 26.3 Å². The minimum Gasteiger partial charge on any atom is -0.423 e. The van der Waals surface area contributed by atoms with E-state index in [1.54, 1.807) is 6.07 Å². The smallest absolute Gasteiger partial charge is 0.423 e. The van der Waals surface area contributed by atoms with Gasteiger partial charge in [-0.3, -0.25) is 0 Å². The highest BCUT2D eigenvalue weighted by Crippen LogP contribution is 2.22. The van der Waals surface area contributed by atoms with Crippen LogP contribution >= 0.6 is 0 Å². The predicted molar refractivity (Wildman–Crippen MR) is 66.8 cm³/mol. The molecule has 1 aromatic heterocycles. The van der Waals surface area contributed by atoms with Crippen LogP contribution in [0.2, 0.25) is 0 Å². The van der Waals surface area contributed by atoms with Crippen LogP contribution in [0.25, 0.3) is 10.9 Å². The molecule has 84 valence electrons. The normalized spacial score (nSPS) is 12.1. The van der Waals surface area contributed by atoms with Gasteiger partial charge in [0.2, 0.25) is 0 Å². The molecule has 0 radical (unpaired) electrons. The van der Waals surface area contributed by atoms with Crippen LogP contribution in [0.1, 0.15) is 20.8 Å². The van der Waals surface area contributed by atoms with Gasteiger partial charge in [-0.1, -0.05) is 12.1 Å². The lowest BCUT2D eigenvalue weighted by Gasteiger charge is -2.22. The van der Waals surface area contributed by atoms with Crippen molar-refractivity contribution >= 4 is 23.5 Å². The topological polar surface area (TPSA) is 45.4 Å². The van der Waals surface area contributed by atoms with Gasteiger partial charge in [-0.05, 0) is 43.8 Å². The first-order valence-corrected chi connectivity index (χ1v) is 5.37. The third-order valence-electron chi connectivity index (χ3n) is 2.74. The number of hydrogen-bond acceptors (Lipinski definition) is 2. The van der Waals surface area contributed by atoms with Crippen LogP contribution < -0.4 is 5.46 Å². The summed E-state index contributed by atoms with van der Waals surface area (Å²) in [4.78, 5) is 0. The fourth-order valence-electron chi connectivity index (χ4n) is 1.91. The zero-order chi connectivity index (χ0) is 11.9. The summed E-state index contributed by atoms with van der Waals surface area (Å²) in [6.45, 7) is 6.42. The molecule has 0 aliphatic rings. The van der Waals surface area contributed by atoms with Crippen LogP contribution in [0.4, 0.5) is 0 Å². The van der Waals surface area contributed by atoms with E-state index >= 15 is 0 Å². The van der Waals surface area contributed by atoms with Crippen molar-refractivity contribution in [2.24, 2.45) is 0 Å². The van der Waals surface area contributed by atoms with Crippen LogP contribution in [0, 0.1) is 0 Å². The van der Waals surface area contributed by atoms with Crippen molar-refractivity contribution in [3.05, 3.63) is 30.5 Å². The fourth-order valence-corrected chi connectivity index (χ4v) is 1.91. The second kappa shape index (κ2) is 3.65. The lowest BCUT2D eigenvalue weighted by atomic mass is 9.80. The van der Waals surface area contributed by atoms with Crippen LogP contribution in [-0.2, 0) is 5.54 Å². The molecular weight excluding hydrogens is 201 g/mol. The molecule has 0 aliphatic carbocycles. The molecule has 0 aliphatic heterocycles. The Hall–Kier alpha value is -1.26. The number of fused-ring (bicyclic) bond motifs is 1. The minimum atomic E-state index is -1.40. The first-order valence-electron chi connectivity index (χ1n) is 5.37. The van der Waals surface area contributed by atoms with Crippen LogP contribution in [0.15, 0.2) is 30.5 Å². The van der Waals surface area contributed by atoms with E-state index in [2.05, 4.69) is 25.3 Å². The molecule has 0 saturated carbocycles. The molecule has 4 heteroatoms. The van der Waals surface area contributed by atoms with Crippen LogP contribution in [0.3, 0.4) is 0 Å². The molecular formula is C12H16BNO2. The third kappa shape index (κ3) is 1.86. The van der Waals surface area contributed by atoms with E-state index in [1.807, 2.05) is 24.4 Å². The summed E-state index contributed by atoms with van der Waals surface area (Å²) >= 11 is 0. The zero-order valence-corrected chi connectivity index (χ0v) is 9.81. The van der Waals surface area contributed by atoms with Gasteiger partial charge in [0.25, 0.3) is 0 Å². The largest absolute Gasteiger partial charge is 0.488 e. The van der Waals surface area contributed by atoms with E-state index in [9.17, 15) is 0 Å². The van der Waals surface area contributed by atoms with Gasteiger partial charge >= 0.3 is 7.12 Å². The molecule has 0 saturated heterocycles. The molecule has 2 N–H and O–H groups in total. The number of nitrogens with zero attached hydrogens (tertiary/aromatic N) is 1. The van der Waals surface area contributed by atoms with E-state index in [4.69, 9.17) is 10.0 Å². The molecule has 0 unspecified atom stereocenters. The highest BCUT2D eigenvalue weighted by molar-refractivity contribution is 6.58. The average molecular weight is 217 g/mol. The van der Waals surface area contributed by atoms with Gasteiger partial charge in [-0.15, -0.1) is 0 Å². The number of rotatable bonds is 1. The summed E-state index contributed by atoms with van der Waals surface area (Å²) in [5.74, 6) is 0. The Balaban J connectivity index is 2.59. The average Bonchev–Trinajstić information content (AvgIpc) is 2.58. The lowest BCUT2D eigenvalue weighted by molar-refractivity contribution is 0.411. The van der Waals surface area contributed by atoms with E-state index in [0.29, 0.717) is 5.46 Å². The van der Waals surface area contributed by atoms with Crippen molar-refractivity contribution in [3.63, 3.8) is 0 Å². The van der Waals surface area contributed by atoms with Gasteiger partial charge in [0.05, 0.1) is 0 Å². The summed E-state index contributed by atoms with van der Waals surface area (Å²) in [6, 6.07) is 7.47. The fraction of sp³-hybridized carbons (Fsp3) is 0.333. The van der Waals surface area contributed by atoms with Crippen molar-refractivity contribution in [2.75, 3.05) is 0 Å². The van der Waals surface area contributed by atoms with Crippen molar-refractivity contribution in [1.82, 2.24) is 4.57 Å².